The average Bonchev–Trinajstić information content (AvgIpc) is 3.86. The zero-order valence-corrected chi connectivity index (χ0v) is 38.1. The maximum absolute atomic E-state index is 13.6. The molecule has 3 aliphatic heterocycles. The minimum atomic E-state index is -1.07. The van der Waals surface area contributed by atoms with Crippen molar-refractivity contribution < 1.29 is 52.9 Å². The Morgan fingerprint density at radius 2 is 1.50 bits per heavy atom. The first-order valence-electron chi connectivity index (χ1n) is 22.7. The summed E-state index contributed by atoms with van der Waals surface area (Å²) < 4.78 is 10.1. The fraction of sp³-hybridized carbons (Fsp3) is 0.682. The largest absolute Gasteiger partial charge is 0.508 e. The number of fused-ring (bicyclic) bond motifs is 1. The van der Waals surface area contributed by atoms with E-state index >= 15 is 0 Å². The Balaban J connectivity index is 1.10. The van der Waals surface area contributed by atoms with Gasteiger partial charge in [-0.15, -0.1) is 0 Å². The maximum atomic E-state index is 13.6. The summed E-state index contributed by atoms with van der Waals surface area (Å²) in [5.74, 6) is -2.36. The highest BCUT2D eigenvalue weighted by Crippen LogP contribution is 2.33. The van der Waals surface area contributed by atoms with Crippen molar-refractivity contribution in [2.75, 3.05) is 25.4 Å². The number of nitrogens with two attached hydrogens (primary N) is 1. The molecule has 0 aromatic heterocycles. The minimum Gasteiger partial charge on any atom is -0.508 e. The molecule has 1 aromatic carbocycles. The van der Waals surface area contributed by atoms with E-state index in [0.717, 1.165) is 31.4 Å². The van der Waals surface area contributed by atoms with Crippen LogP contribution in [-0.2, 0) is 49.5 Å². The number of thioether (sulfide) groups is 1. The van der Waals surface area contributed by atoms with Crippen molar-refractivity contribution in [1.82, 2.24) is 37.2 Å². The van der Waals surface area contributed by atoms with Crippen LogP contribution < -0.4 is 43.0 Å². The fourth-order valence-electron chi connectivity index (χ4n) is 7.74. The van der Waals surface area contributed by atoms with Crippen LogP contribution in [0.3, 0.4) is 0 Å². The topological polar surface area (TPSA) is 289 Å². The number of phenolic OH excluding ortho intramolecular Hbond substituents is 1. The molecule has 20 heteroatoms. The molecule has 3 heterocycles. The Morgan fingerprint density at radius 1 is 0.812 bits per heavy atom. The van der Waals surface area contributed by atoms with Gasteiger partial charge in [-0.1, -0.05) is 45.2 Å². The summed E-state index contributed by atoms with van der Waals surface area (Å²) in [6, 6.07) is 3.65. The highest BCUT2D eigenvalue weighted by atomic mass is 32.2. The number of ether oxygens (including phenoxy) is 2. The van der Waals surface area contributed by atoms with Gasteiger partial charge in [-0.3, -0.25) is 28.8 Å². The third-order valence-corrected chi connectivity index (χ3v) is 12.8. The Bertz CT molecular complexity index is 1750. The molecule has 0 aliphatic carbocycles. The van der Waals surface area contributed by atoms with E-state index in [1.165, 1.54) is 12.1 Å². The highest BCUT2D eigenvalue weighted by molar-refractivity contribution is 8.00. The van der Waals surface area contributed by atoms with Crippen molar-refractivity contribution in [1.29, 1.82) is 0 Å². The molecule has 64 heavy (non-hydrogen) atoms. The quantitative estimate of drug-likeness (QED) is 0.0229. The molecule has 10 N–H and O–H groups in total. The molecule has 0 saturated carbocycles. The Hall–Kier alpha value is -5.11. The standard InChI is InChI=1S/C44H68N8O11S/c1-4-62-43(60)38-37(63-38)42(59)50-30(23-26(2)3)41(58)49-31(24-27-17-19-28(53)20-18-27)40(57)47-22-11-6-9-16-35(55)48-29(39(45)56)13-10-12-21-46-34(54)15-8-5-7-14-33-36-32(25-64-33)51-44(61)52-36/h17-20,26,29-33,36-38,53H,4-16,21-25H2,1-3H3,(H2,45,56)(H,46,54)(H,47,57)(H,48,55)(H,49,58)(H,50,59)(H2,51,52,61)/t29-,30-,31-,32-,33+,36-,37-,38-/m0/s1. The number of hydrogen-bond acceptors (Lipinski definition) is 12. The SMILES string of the molecule is CCOC(=O)[C@H]1O[C@@H]1C(=O)N[C@@H](CC(C)C)C(=O)N[C@@H](Cc1ccc(O)cc1)C(=O)NCCCCCC(=O)N[C@@H](CCCCNC(=O)CCCCC[C@H]1SC[C@@H]2NC(=O)N[C@@H]21)C(N)=O. The average molecular weight is 917 g/mol. The zero-order valence-electron chi connectivity index (χ0n) is 37.2. The van der Waals surface area contributed by atoms with Crippen molar-refractivity contribution in [3.05, 3.63) is 29.8 Å². The molecule has 1 aromatic rings. The molecule has 8 amide bonds. The summed E-state index contributed by atoms with van der Waals surface area (Å²) in [6.45, 7) is 6.23. The second kappa shape index (κ2) is 26.6. The van der Waals surface area contributed by atoms with Crippen molar-refractivity contribution in [2.24, 2.45) is 11.7 Å². The number of benzene rings is 1. The van der Waals surface area contributed by atoms with Crippen LogP contribution in [0, 0.1) is 5.92 Å². The van der Waals surface area contributed by atoms with Crippen LogP contribution in [-0.4, -0.2) is 126 Å². The Kier molecular flexibility index (Phi) is 21.4. The molecular formula is C44H68N8O11S. The number of carbonyl (C=O) groups is 8. The molecule has 3 saturated heterocycles. The number of aromatic hydroxyl groups is 1. The highest BCUT2D eigenvalue weighted by Gasteiger charge is 2.52. The summed E-state index contributed by atoms with van der Waals surface area (Å²) in [6.07, 6.45) is 5.71. The van der Waals surface area contributed by atoms with E-state index < -0.39 is 59.9 Å². The van der Waals surface area contributed by atoms with Gasteiger partial charge in [-0.2, -0.15) is 11.8 Å². The normalized spacial score (nSPS) is 21.0. The second-order valence-corrected chi connectivity index (χ2v) is 18.3. The maximum Gasteiger partial charge on any atom is 0.338 e. The molecule has 0 radical (unpaired) electrons. The molecule has 4 rings (SSSR count). The molecule has 356 valence electrons. The Morgan fingerprint density at radius 3 is 2.20 bits per heavy atom. The lowest BCUT2D eigenvalue weighted by atomic mass is 10.0. The van der Waals surface area contributed by atoms with Crippen molar-refractivity contribution in [2.45, 2.75) is 158 Å². The van der Waals surface area contributed by atoms with Crippen LogP contribution in [0.5, 0.6) is 5.75 Å². The van der Waals surface area contributed by atoms with Crippen LogP contribution in [0.25, 0.3) is 0 Å². The van der Waals surface area contributed by atoms with E-state index in [1.54, 1.807) is 19.1 Å². The molecule has 3 fully saturated rings. The molecule has 19 nitrogen and oxygen atoms in total. The number of phenols is 1. The van der Waals surface area contributed by atoms with E-state index in [1.807, 2.05) is 25.6 Å². The fourth-order valence-corrected chi connectivity index (χ4v) is 9.28. The van der Waals surface area contributed by atoms with Crippen molar-refractivity contribution in [3.63, 3.8) is 0 Å². The van der Waals surface area contributed by atoms with Crippen LogP contribution in [0.4, 0.5) is 4.79 Å². The zero-order chi connectivity index (χ0) is 46.6. The van der Waals surface area contributed by atoms with Crippen LogP contribution >= 0.6 is 11.8 Å². The number of rotatable bonds is 30. The third-order valence-electron chi connectivity index (χ3n) is 11.2. The van der Waals surface area contributed by atoms with E-state index in [2.05, 4.69) is 37.2 Å². The Labute approximate surface area is 379 Å². The van der Waals surface area contributed by atoms with Gasteiger partial charge in [0.1, 0.15) is 23.9 Å². The van der Waals surface area contributed by atoms with Gasteiger partial charge in [-0.25, -0.2) is 9.59 Å². The summed E-state index contributed by atoms with van der Waals surface area (Å²) in [5.41, 5.74) is 6.24. The number of amides is 8. The number of primary amides is 1. The number of unbranched alkanes of at least 4 members (excludes halogenated alkanes) is 5. The summed E-state index contributed by atoms with van der Waals surface area (Å²) in [4.78, 5) is 101. The molecule has 0 spiro atoms. The lowest BCUT2D eigenvalue weighted by molar-refractivity contribution is -0.144. The lowest BCUT2D eigenvalue weighted by Crippen LogP contribution is -2.55. The van der Waals surface area contributed by atoms with E-state index in [9.17, 15) is 43.5 Å². The first-order chi connectivity index (χ1) is 30.6. The summed E-state index contributed by atoms with van der Waals surface area (Å²) >= 11 is 1.89. The number of urea groups is 1. The molecule has 8 atom stereocenters. The van der Waals surface area contributed by atoms with Crippen LogP contribution in [0.15, 0.2) is 24.3 Å². The van der Waals surface area contributed by atoms with Gasteiger partial charge >= 0.3 is 12.0 Å². The third kappa shape index (κ3) is 17.8. The smallest absolute Gasteiger partial charge is 0.338 e. The predicted molar refractivity (Wildman–Crippen MR) is 238 cm³/mol. The van der Waals surface area contributed by atoms with Gasteiger partial charge in [0.15, 0.2) is 12.2 Å². The molecular weight excluding hydrogens is 849 g/mol. The predicted octanol–water partition coefficient (Wildman–Crippen LogP) is 1.33. The van der Waals surface area contributed by atoms with Gasteiger partial charge in [0.2, 0.25) is 29.5 Å². The number of hydrogen-bond donors (Lipinski definition) is 9. The summed E-state index contributed by atoms with van der Waals surface area (Å²) in [7, 11) is 0. The van der Waals surface area contributed by atoms with Gasteiger partial charge in [-0.05, 0) is 81.9 Å². The van der Waals surface area contributed by atoms with Gasteiger partial charge < -0.3 is 57.5 Å². The van der Waals surface area contributed by atoms with Gasteiger partial charge in [0.25, 0.3) is 5.91 Å². The first-order valence-corrected chi connectivity index (χ1v) is 23.7. The van der Waals surface area contributed by atoms with E-state index in [-0.39, 0.29) is 74.0 Å². The minimum absolute atomic E-state index is 0.0127. The summed E-state index contributed by atoms with van der Waals surface area (Å²) in [5, 5.41) is 30.0. The number of nitrogens with one attached hydrogen (secondary N) is 7. The van der Waals surface area contributed by atoms with Crippen LogP contribution in [0.1, 0.15) is 110 Å². The van der Waals surface area contributed by atoms with Gasteiger partial charge in [0, 0.05) is 43.4 Å². The van der Waals surface area contributed by atoms with E-state index in [4.69, 9.17) is 15.2 Å². The van der Waals surface area contributed by atoms with Crippen LogP contribution in [0.2, 0.25) is 0 Å². The van der Waals surface area contributed by atoms with Crippen molar-refractivity contribution >= 4 is 59.2 Å². The molecule has 0 unspecified atom stereocenters. The monoisotopic (exact) mass is 916 g/mol. The van der Waals surface area contributed by atoms with Gasteiger partial charge in [0.05, 0.1) is 18.7 Å². The lowest BCUT2D eigenvalue weighted by Gasteiger charge is -2.24. The molecule has 3 aliphatic rings. The second-order valence-electron chi connectivity index (χ2n) is 17.0. The number of esters is 1. The number of epoxide rings is 1. The first kappa shape index (κ1) is 51.5. The number of carbonyl (C=O) groups excluding carboxylic acids is 8. The molecule has 0 bridgehead atoms. The van der Waals surface area contributed by atoms with Crippen molar-refractivity contribution in [3.8, 4) is 5.75 Å². The van der Waals surface area contributed by atoms with E-state index in [0.29, 0.717) is 62.3 Å².